The van der Waals surface area contributed by atoms with E-state index >= 15 is 0 Å². The molecule has 1 N–H and O–H groups in total. The molecule has 0 spiro atoms. The van der Waals surface area contributed by atoms with Crippen molar-refractivity contribution in [2.24, 2.45) is 0 Å². The van der Waals surface area contributed by atoms with Gasteiger partial charge in [-0.2, -0.15) is 18.3 Å². The fourth-order valence-electron chi connectivity index (χ4n) is 1.90. The van der Waals surface area contributed by atoms with Gasteiger partial charge < -0.3 is 5.32 Å². The minimum absolute atomic E-state index is 0.00158. The highest BCUT2D eigenvalue weighted by Gasteiger charge is 2.30. The number of nitrogens with one attached hydrogen (secondary N) is 1. The van der Waals surface area contributed by atoms with Crippen LogP contribution in [0.4, 0.5) is 18.9 Å². The summed E-state index contributed by atoms with van der Waals surface area (Å²) >= 11 is 0. The summed E-state index contributed by atoms with van der Waals surface area (Å²) in [5, 5.41) is 6.30. The fraction of sp³-hybridized carbons (Fsp3) is 0.267. The van der Waals surface area contributed by atoms with Crippen LogP contribution in [0.5, 0.6) is 0 Å². The lowest BCUT2D eigenvalue weighted by Crippen LogP contribution is -2.30. The van der Waals surface area contributed by atoms with Crippen molar-refractivity contribution in [3.8, 4) is 0 Å². The molecule has 23 heavy (non-hydrogen) atoms. The van der Waals surface area contributed by atoms with Gasteiger partial charge in [0, 0.05) is 11.8 Å². The van der Waals surface area contributed by atoms with Crippen LogP contribution in [0, 0.1) is 13.8 Å². The fourth-order valence-corrected chi connectivity index (χ4v) is 1.90. The van der Waals surface area contributed by atoms with Crippen molar-refractivity contribution >= 4 is 11.6 Å². The van der Waals surface area contributed by atoms with Gasteiger partial charge in [0.1, 0.15) is 6.54 Å². The molecule has 0 saturated carbocycles. The topological polar surface area (TPSA) is 64.0 Å². The Morgan fingerprint density at radius 2 is 1.96 bits per heavy atom. The minimum Gasteiger partial charge on any atom is -0.324 e. The van der Waals surface area contributed by atoms with E-state index in [0.717, 1.165) is 16.8 Å². The van der Waals surface area contributed by atoms with Crippen molar-refractivity contribution in [2.45, 2.75) is 26.6 Å². The third-order valence-corrected chi connectivity index (χ3v) is 3.20. The average Bonchev–Trinajstić information content (AvgIpc) is 2.44. The number of anilines is 1. The van der Waals surface area contributed by atoms with E-state index in [1.807, 2.05) is 0 Å². The maximum absolute atomic E-state index is 12.6. The van der Waals surface area contributed by atoms with Gasteiger partial charge >= 0.3 is 6.18 Å². The van der Waals surface area contributed by atoms with E-state index in [1.54, 1.807) is 13.8 Å². The first-order valence-electron chi connectivity index (χ1n) is 6.69. The largest absolute Gasteiger partial charge is 0.416 e. The Bertz CT molecular complexity index is 797. The molecule has 1 heterocycles. The molecule has 0 bridgehead atoms. The maximum Gasteiger partial charge on any atom is 0.416 e. The van der Waals surface area contributed by atoms with Gasteiger partial charge in [-0.1, -0.05) is 6.07 Å². The van der Waals surface area contributed by atoms with Gasteiger partial charge in [0.05, 0.1) is 11.3 Å². The highest BCUT2D eigenvalue weighted by atomic mass is 19.4. The molecule has 0 unspecified atom stereocenters. The van der Waals surface area contributed by atoms with Gasteiger partial charge in [0.25, 0.3) is 5.56 Å². The number of amides is 1. The van der Waals surface area contributed by atoms with Crippen molar-refractivity contribution in [2.75, 3.05) is 5.32 Å². The number of rotatable bonds is 3. The molecule has 2 rings (SSSR count). The van der Waals surface area contributed by atoms with E-state index < -0.39 is 23.2 Å². The molecular formula is C15H14F3N3O2. The predicted octanol–water partition coefficient (Wildman–Crippen LogP) is 2.52. The molecule has 0 aliphatic heterocycles. The van der Waals surface area contributed by atoms with Crippen LogP contribution in [0.15, 0.2) is 35.1 Å². The highest BCUT2D eigenvalue weighted by Crippen LogP contribution is 2.30. The molecule has 5 nitrogen and oxygen atoms in total. The van der Waals surface area contributed by atoms with E-state index in [0.29, 0.717) is 11.3 Å². The summed E-state index contributed by atoms with van der Waals surface area (Å²) in [4.78, 5) is 23.6. The molecular weight excluding hydrogens is 311 g/mol. The number of aromatic nitrogens is 2. The Hall–Kier alpha value is -2.64. The summed E-state index contributed by atoms with van der Waals surface area (Å²) in [6.07, 6.45) is -4.49. The van der Waals surface area contributed by atoms with Crippen molar-refractivity contribution in [1.82, 2.24) is 9.78 Å². The standard InChI is InChI=1S/C15H14F3N3O2/c1-9-6-14(23)21(20-10(9)2)8-13(22)19-12-5-3-4-11(7-12)15(16,17)18/h3-7H,8H2,1-2H3,(H,19,22). The molecule has 0 aliphatic rings. The summed E-state index contributed by atoms with van der Waals surface area (Å²) < 4.78 is 38.8. The van der Waals surface area contributed by atoms with Crippen molar-refractivity contribution in [1.29, 1.82) is 0 Å². The second kappa shape index (κ2) is 6.23. The van der Waals surface area contributed by atoms with Crippen LogP contribution < -0.4 is 10.9 Å². The lowest BCUT2D eigenvalue weighted by molar-refractivity contribution is -0.137. The molecule has 1 aromatic heterocycles. The minimum atomic E-state index is -4.49. The molecule has 1 amide bonds. The van der Waals surface area contributed by atoms with Crippen LogP contribution in [-0.2, 0) is 17.5 Å². The van der Waals surface area contributed by atoms with Gasteiger partial charge in [-0.3, -0.25) is 9.59 Å². The number of alkyl halides is 3. The second-order valence-electron chi connectivity index (χ2n) is 5.04. The quantitative estimate of drug-likeness (QED) is 0.943. The zero-order valence-electron chi connectivity index (χ0n) is 12.4. The number of halogens is 3. The Morgan fingerprint density at radius 3 is 2.61 bits per heavy atom. The Morgan fingerprint density at radius 1 is 1.26 bits per heavy atom. The number of hydrogen-bond acceptors (Lipinski definition) is 3. The molecule has 1 aromatic carbocycles. The summed E-state index contributed by atoms with van der Waals surface area (Å²) in [5.41, 5.74) is -0.0215. The molecule has 122 valence electrons. The van der Waals surface area contributed by atoms with Gasteiger partial charge in [-0.25, -0.2) is 4.68 Å². The number of carbonyl (C=O) groups excluding carboxylic acids is 1. The van der Waals surface area contributed by atoms with Gasteiger partial charge in [0.15, 0.2) is 0 Å². The Kier molecular flexibility index (Phi) is 4.53. The molecule has 0 atom stereocenters. The van der Waals surface area contributed by atoms with E-state index in [9.17, 15) is 22.8 Å². The molecule has 0 saturated heterocycles. The smallest absolute Gasteiger partial charge is 0.324 e. The maximum atomic E-state index is 12.6. The number of aryl methyl sites for hydroxylation is 2. The van der Waals surface area contributed by atoms with E-state index in [1.165, 1.54) is 18.2 Å². The second-order valence-corrected chi connectivity index (χ2v) is 5.04. The first-order chi connectivity index (χ1) is 10.7. The third kappa shape index (κ3) is 4.18. The van der Waals surface area contributed by atoms with Crippen LogP contribution in [0.2, 0.25) is 0 Å². The molecule has 2 aromatic rings. The number of benzene rings is 1. The number of nitrogens with zero attached hydrogens (tertiary/aromatic N) is 2. The normalized spacial score (nSPS) is 11.3. The monoisotopic (exact) mass is 325 g/mol. The highest BCUT2D eigenvalue weighted by molar-refractivity contribution is 5.90. The zero-order chi connectivity index (χ0) is 17.2. The van der Waals surface area contributed by atoms with Crippen molar-refractivity contribution in [3.05, 3.63) is 57.5 Å². The molecule has 0 radical (unpaired) electrons. The van der Waals surface area contributed by atoms with Crippen LogP contribution in [0.1, 0.15) is 16.8 Å². The lowest BCUT2D eigenvalue weighted by atomic mass is 10.2. The summed E-state index contributed by atoms with van der Waals surface area (Å²) in [6.45, 7) is 3.03. The molecule has 8 heteroatoms. The Labute approximate surface area is 129 Å². The Balaban J connectivity index is 2.15. The van der Waals surface area contributed by atoms with Gasteiger partial charge in [-0.05, 0) is 37.6 Å². The average molecular weight is 325 g/mol. The number of carbonyl (C=O) groups is 1. The van der Waals surface area contributed by atoms with Crippen LogP contribution in [0.25, 0.3) is 0 Å². The van der Waals surface area contributed by atoms with E-state index in [-0.39, 0.29) is 12.2 Å². The van der Waals surface area contributed by atoms with Gasteiger partial charge in [-0.15, -0.1) is 0 Å². The molecule has 0 aliphatic carbocycles. The van der Waals surface area contributed by atoms with E-state index in [4.69, 9.17) is 0 Å². The summed E-state index contributed by atoms with van der Waals surface area (Å²) in [5.74, 6) is -0.637. The summed E-state index contributed by atoms with van der Waals surface area (Å²) in [6, 6.07) is 5.61. The number of hydrogen-bond donors (Lipinski definition) is 1. The SMILES string of the molecule is Cc1cc(=O)n(CC(=O)Nc2cccc(C(F)(F)F)c2)nc1C. The van der Waals surface area contributed by atoms with E-state index in [2.05, 4.69) is 10.4 Å². The van der Waals surface area contributed by atoms with Crippen molar-refractivity contribution in [3.63, 3.8) is 0 Å². The predicted molar refractivity (Wildman–Crippen MR) is 78.0 cm³/mol. The molecule has 0 fully saturated rings. The van der Waals surface area contributed by atoms with Crippen LogP contribution in [-0.4, -0.2) is 15.7 Å². The van der Waals surface area contributed by atoms with Crippen LogP contribution >= 0.6 is 0 Å². The lowest BCUT2D eigenvalue weighted by Gasteiger charge is -2.11. The zero-order valence-corrected chi connectivity index (χ0v) is 12.4. The van der Waals surface area contributed by atoms with Gasteiger partial charge in [0.2, 0.25) is 5.91 Å². The third-order valence-electron chi connectivity index (χ3n) is 3.20. The first-order valence-corrected chi connectivity index (χ1v) is 6.69. The summed E-state index contributed by atoms with van der Waals surface area (Å²) in [7, 11) is 0. The van der Waals surface area contributed by atoms with Crippen molar-refractivity contribution < 1.29 is 18.0 Å². The first kappa shape index (κ1) is 16.7. The van der Waals surface area contributed by atoms with Crippen LogP contribution in [0.3, 0.4) is 0 Å².